The quantitative estimate of drug-likeness (QED) is 0.550. The van der Waals surface area contributed by atoms with E-state index in [2.05, 4.69) is 10.4 Å². The Morgan fingerprint density at radius 1 is 1.03 bits per heavy atom. The minimum absolute atomic E-state index is 0.0553. The van der Waals surface area contributed by atoms with E-state index in [0.29, 0.717) is 10.6 Å². The Labute approximate surface area is 194 Å². The molecule has 0 aliphatic rings. The molecule has 1 amide bonds. The van der Waals surface area contributed by atoms with Crippen LogP contribution in [0.5, 0.6) is 0 Å². The molecule has 32 heavy (non-hydrogen) atoms. The maximum atomic E-state index is 13.1. The normalized spacial score (nSPS) is 12.9. The summed E-state index contributed by atoms with van der Waals surface area (Å²) in [6, 6.07) is 13.5. The molecular weight excluding hydrogens is 448 g/mol. The van der Waals surface area contributed by atoms with Crippen LogP contribution in [0.15, 0.2) is 59.6 Å². The van der Waals surface area contributed by atoms with E-state index >= 15 is 0 Å². The Bertz CT molecular complexity index is 1200. The monoisotopic (exact) mass is 474 g/mol. The Kier molecular flexibility index (Phi) is 7.07. The second-order valence-electron chi connectivity index (χ2n) is 8.04. The lowest BCUT2D eigenvalue weighted by atomic mass is 10.0. The van der Waals surface area contributed by atoms with Crippen LogP contribution in [0.3, 0.4) is 0 Å². The largest absolute Gasteiger partial charge is 0.345 e. The lowest BCUT2D eigenvalue weighted by Crippen LogP contribution is -2.28. The number of halogens is 1. The van der Waals surface area contributed by atoms with Gasteiger partial charge in [-0.3, -0.25) is 4.79 Å². The summed E-state index contributed by atoms with van der Waals surface area (Å²) in [6.45, 7) is 5.87. The molecule has 0 aliphatic heterocycles. The van der Waals surface area contributed by atoms with Gasteiger partial charge in [0.1, 0.15) is 0 Å². The molecule has 170 valence electrons. The first kappa shape index (κ1) is 24.0. The van der Waals surface area contributed by atoms with E-state index in [0.717, 1.165) is 16.9 Å². The van der Waals surface area contributed by atoms with Crippen LogP contribution in [0, 0.1) is 0 Å². The molecule has 0 radical (unpaired) electrons. The van der Waals surface area contributed by atoms with Crippen molar-refractivity contribution in [2.24, 2.45) is 0 Å². The molecule has 3 rings (SSSR count). The van der Waals surface area contributed by atoms with Crippen molar-refractivity contribution >= 4 is 27.5 Å². The third kappa shape index (κ3) is 4.87. The van der Waals surface area contributed by atoms with Crippen molar-refractivity contribution in [3.8, 4) is 5.69 Å². The van der Waals surface area contributed by atoms with Crippen molar-refractivity contribution in [1.29, 1.82) is 0 Å². The van der Waals surface area contributed by atoms with E-state index < -0.39 is 10.0 Å². The minimum Gasteiger partial charge on any atom is -0.345 e. The molecule has 0 aliphatic carbocycles. The molecule has 1 aromatic heterocycles. The van der Waals surface area contributed by atoms with Crippen molar-refractivity contribution in [2.45, 2.75) is 37.6 Å². The van der Waals surface area contributed by atoms with Crippen LogP contribution in [-0.4, -0.2) is 42.5 Å². The Hall–Kier alpha value is -2.68. The van der Waals surface area contributed by atoms with Crippen LogP contribution in [0.2, 0.25) is 5.02 Å². The Morgan fingerprint density at radius 2 is 1.62 bits per heavy atom. The van der Waals surface area contributed by atoms with Gasteiger partial charge in [-0.2, -0.15) is 5.10 Å². The fourth-order valence-corrected chi connectivity index (χ4v) is 4.40. The Balaban J connectivity index is 1.83. The molecule has 2 aromatic carbocycles. The number of nitrogens with one attached hydrogen (secondary N) is 1. The van der Waals surface area contributed by atoms with Gasteiger partial charge in [-0.05, 0) is 54.8 Å². The zero-order valence-corrected chi connectivity index (χ0v) is 20.3. The van der Waals surface area contributed by atoms with E-state index in [-0.39, 0.29) is 22.8 Å². The summed E-state index contributed by atoms with van der Waals surface area (Å²) in [4.78, 5) is 13.3. The SMILES string of the molecule is CC(C)c1c(C(=O)NC(C)c2ccc(S(=O)(=O)N(C)C)cc2)cnn1-c1ccc(Cl)cc1. The molecule has 0 fully saturated rings. The number of hydrogen-bond donors (Lipinski definition) is 1. The number of carbonyl (C=O) groups is 1. The summed E-state index contributed by atoms with van der Waals surface area (Å²) < 4.78 is 27.4. The molecule has 1 N–H and O–H groups in total. The highest BCUT2D eigenvalue weighted by atomic mass is 35.5. The third-order valence-electron chi connectivity index (χ3n) is 5.18. The van der Waals surface area contributed by atoms with Crippen molar-refractivity contribution in [2.75, 3.05) is 14.1 Å². The molecule has 7 nitrogen and oxygen atoms in total. The Morgan fingerprint density at radius 3 is 2.16 bits per heavy atom. The summed E-state index contributed by atoms with van der Waals surface area (Å²) in [6.07, 6.45) is 1.57. The third-order valence-corrected chi connectivity index (χ3v) is 7.26. The lowest BCUT2D eigenvalue weighted by molar-refractivity contribution is 0.0938. The summed E-state index contributed by atoms with van der Waals surface area (Å²) >= 11 is 5.99. The first-order valence-electron chi connectivity index (χ1n) is 10.2. The van der Waals surface area contributed by atoms with Gasteiger partial charge in [0.05, 0.1) is 34.1 Å². The van der Waals surface area contributed by atoms with Gasteiger partial charge < -0.3 is 5.32 Å². The van der Waals surface area contributed by atoms with Gasteiger partial charge in [0.25, 0.3) is 5.91 Å². The van der Waals surface area contributed by atoms with E-state index in [1.165, 1.54) is 18.4 Å². The van der Waals surface area contributed by atoms with Crippen molar-refractivity contribution < 1.29 is 13.2 Å². The molecule has 9 heteroatoms. The number of amides is 1. The van der Waals surface area contributed by atoms with Gasteiger partial charge >= 0.3 is 0 Å². The first-order valence-corrected chi connectivity index (χ1v) is 12.0. The van der Waals surface area contributed by atoms with Gasteiger partial charge in [-0.1, -0.05) is 37.6 Å². The fourth-order valence-electron chi connectivity index (χ4n) is 3.37. The molecule has 3 aromatic rings. The molecule has 1 heterocycles. The zero-order valence-electron chi connectivity index (χ0n) is 18.7. The topological polar surface area (TPSA) is 84.3 Å². The van der Waals surface area contributed by atoms with E-state index in [1.54, 1.807) is 47.3 Å². The average molecular weight is 475 g/mol. The maximum Gasteiger partial charge on any atom is 0.255 e. The number of aromatic nitrogens is 2. The van der Waals surface area contributed by atoms with Gasteiger partial charge in [0, 0.05) is 19.1 Å². The molecular formula is C23H27ClN4O3S. The van der Waals surface area contributed by atoms with Gasteiger partial charge in [-0.25, -0.2) is 17.4 Å². The number of sulfonamides is 1. The predicted octanol–water partition coefficient (Wildman–Crippen LogP) is 4.39. The highest BCUT2D eigenvalue weighted by Gasteiger charge is 2.23. The highest BCUT2D eigenvalue weighted by molar-refractivity contribution is 7.89. The number of rotatable bonds is 7. The van der Waals surface area contributed by atoms with Crippen LogP contribution < -0.4 is 5.32 Å². The number of benzene rings is 2. The van der Waals surface area contributed by atoms with Crippen molar-refractivity contribution in [3.63, 3.8) is 0 Å². The number of hydrogen-bond acceptors (Lipinski definition) is 4. The predicted molar refractivity (Wildman–Crippen MR) is 126 cm³/mol. The van der Waals surface area contributed by atoms with Crippen LogP contribution in [0.4, 0.5) is 0 Å². The second-order valence-corrected chi connectivity index (χ2v) is 10.6. The molecule has 0 bridgehead atoms. The van der Waals surface area contributed by atoms with Gasteiger partial charge in [-0.15, -0.1) is 0 Å². The van der Waals surface area contributed by atoms with Crippen LogP contribution >= 0.6 is 11.6 Å². The van der Waals surface area contributed by atoms with Crippen LogP contribution in [0.1, 0.15) is 54.3 Å². The summed E-state index contributed by atoms with van der Waals surface area (Å²) in [5.74, 6) is -0.189. The van der Waals surface area contributed by atoms with Crippen molar-refractivity contribution in [3.05, 3.63) is 76.6 Å². The smallest absolute Gasteiger partial charge is 0.255 e. The standard InChI is InChI=1S/C23H27ClN4O3S/c1-15(2)22-21(14-25-28(22)19-10-8-18(24)9-11-19)23(29)26-16(3)17-6-12-20(13-7-17)32(30,31)27(4)5/h6-16H,1-5H3,(H,26,29). The van der Waals surface area contributed by atoms with Crippen LogP contribution in [-0.2, 0) is 10.0 Å². The molecule has 1 atom stereocenters. The van der Waals surface area contributed by atoms with E-state index in [4.69, 9.17) is 11.6 Å². The van der Waals surface area contributed by atoms with E-state index in [1.807, 2.05) is 32.9 Å². The number of nitrogens with zero attached hydrogens (tertiary/aromatic N) is 3. The number of carbonyl (C=O) groups excluding carboxylic acids is 1. The molecule has 0 saturated heterocycles. The summed E-state index contributed by atoms with van der Waals surface area (Å²) in [5, 5.41) is 8.05. The molecule has 0 spiro atoms. The molecule has 1 unspecified atom stereocenters. The second kappa shape index (κ2) is 9.44. The van der Waals surface area contributed by atoms with Crippen molar-refractivity contribution in [1.82, 2.24) is 19.4 Å². The van der Waals surface area contributed by atoms with E-state index in [9.17, 15) is 13.2 Å². The zero-order chi connectivity index (χ0) is 23.6. The summed E-state index contributed by atoms with van der Waals surface area (Å²) in [5.41, 5.74) is 2.91. The highest BCUT2D eigenvalue weighted by Crippen LogP contribution is 2.25. The van der Waals surface area contributed by atoms with Gasteiger partial charge in [0.15, 0.2) is 0 Å². The molecule has 0 saturated carbocycles. The minimum atomic E-state index is -3.50. The fraction of sp³-hybridized carbons (Fsp3) is 0.304. The van der Waals surface area contributed by atoms with Gasteiger partial charge in [0.2, 0.25) is 10.0 Å². The maximum absolute atomic E-state index is 13.1. The lowest BCUT2D eigenvalue weighted by Gasteiger charge is -2.17. The summed E-state index contributed by atoms with van der Waals surface area (Å²) in [7, 11) is -0.523. The van der Waals surface area contributed by atoms with Crippen LogP contribution in [0.25, 0.3) is 5.69 Å². The first-order chi connectivity index (χ1) is 15.0. The average Bonchev–Trinajstić information content (AvgIpc) is 3.20.